The van der Waals surface area contributed by atoms with Crippen LogP contribution in [0.5, 0.6) is 5.88 Å². The summed E-state index contributed by atoms with van der Waals surface area (Å²) < 4.78 is 5.84. The molecule has 0 bridgehead atoms. The van der Waals surface area contributed by atoms with E-state index in [-0.39, 0.29) is 11.9 Å². The molecule has 0 unspecified atom stereocenters. The van der Waals surface area contributed by atoms with Gasteiger partial charge in [0.05, 0.1) is 17.9 Å². The van der Waals surface area contributed by atoms with Gasteiger partial charge < -0.3 is 15.0 Å². The highest BCUT2D eigenvalue weighted by atomic mass is 16.5. The monoisotopic (exact) mass is 439 g/mol. The number of carbonyl (C=O) groups excluding carboxylic acids is 1. The van der Waals surface area contributed by atoms with Crippen LogP contribution in [-0.2, 0) is 0 Å². The van der Waals surface area contributed by atoms with E-state index in [1.54, 1.807) is 12.1 Å². The zero-order valence-electron chi connectivity index (χ0n) is 20.1. The number of hydrogen-bond acceptors (Lipinski definition) is 6. The molecule has 0 spiro atoms. The van der Waals surface area contributed by atoms with Crippen molar-refractivity contribution in [3.8, 4) is 5.88 Å². The molecule has 1 saturated heterocycles. The van der Waals surface area contributed by atoms with Crippen molar-refractivity contribution >= 4 is 11.9 Å². The van der Waals surface area contributed by atoms with Crippen molar-refractivity contribution in [1.82, 2.24) is 20.3 Å². The molecule has 0 aromatic carbocycles. The number of nitrogens with one attached hydrogen (secondary N) is 1. The number of nitrogens with zero attached hydrogens (tertiary/aromatic N) is 4. The first-order valence-electron chi connectivity index (χ1n) is 11.8. The van der Waals surface area contributed by atoms with E-state index in [1.165, 1.54) is 5.56 Å². The van der Waals surface area contributed by atoms with Crippen molar-refractivity contribution in [2.75, 3.05) is 24.6 Å². The molecular formula is C25H37N5O2. The van der Waals surface area contributed by atoms with Gasteiger partial charge in [-0.15, -0.1) is 0 Å². The smallest absolute Gasteiger partial charge is 0.253 e. The second kappa shape index (κ2) is 11.2. The molecule has 174 valence electrons. The second-order valence-electron chi connectivity index (χ2n) is 9.30. The Kier molecular flexibility index (Phi) is 8.42. The molecule has 3 rings (SSSR count). The van der Waals surface area contributed by atoms with Crippen LogP contribution >= 0.6 is 0 Å². The summed E-state index contributed by atoms with van der Waals surface area (Å²) >= 11 is 0. The molecular weight excluding hydrogens is 402 g/mol. The average molecular weight is 440 g/mol. The predicted molar refractivity (Wildman–Crippen MR) is 127 cm³/mol. The lowest BCUT2D eigenvalue weighted by Gasteiger charge is -2.32. The standard InChI is InChI=1S/C25H37N5O2/c1-17(2)21-15-26-25(27-16-21)30-12-10-20(11-13-30)7-6-14-32-23-9-8-22(19(5)29-23)24(31)28-18(3)4/h8-9,15-18,20H,6-7,10-14H2,1-5H3,(H,28,31). The highest BCUT2D eigenvalue weighted by Crippen LogP contribution is 2.25. The minimum atomic E-state index is -0.0934. The van der Waals surface area contributed by atoms with Crippen LogP contribution in [0.4, 0.5) is 5.95 Å². The van der Waals surface area contributed by atoms with Crippen LogP contribution in [0.1, 0.15) is 80.9 Å². The number of aryl methyl sites for hydroxylation is 1. The fourth-order valence-electron chi connectivity index (χ4n) is 3.96. The Bertz CT molecular complexity index is 874. The lowest BCUT2D eigenvalue weighted by molar-refractivity contribution is 0.0942. The summed E-state index contributed by atoms with van der Waals surface area (Å²) in [6.45, 7) is 12.7. The summed E-state index contributed by atoms with van der Waals surface area (Å²) in [7, 11) is 0. The number of aromatic nitrogens is 3. The minimum absolute atomic E-state index is 0.0934. The van der Waals surface area contributed by atoms with E-state index in [9.17, 15) is 4.79 Å². The van der Waals surface area contributed by atoms with E-state index < -0.39 is 0 Å². The highest BCUT2D eigenvalue weighted by molar-refractivity contribution is 5.95. The lowest BCUT2D eigenvalue weighted by Crippen LogP contribution is -2.35. The fourth-order valence-corrected chi connectivity index (χ4v) is 3.96. The fraction of sp³-hybridized carbons (Fsp3) is 0.600. The van der Waals surface area contributed by atoms with Crippen molar-refractivity contribution in [2.24, 2.45) is 5.92 Å². The molecule has 1 N–H and O–H groups in total. The Labute approximate surface area is 192 Å². The summed E-state index contributed by atoms with van der Waals surface area (Å²) in [5, 5.41) is 2.90. The first-order valence-corrected chi connectivity index (χ1v) is 11.8. The second-order valence-corrected chi connectivity index (χ2v) is 9.30. The number of carbonyl (C=O) groups is 1. The number of pyridine rings is 1. The van der Waals surface area contributed by atoms with Gasteiger partial charge >= 0.3 is 0 Å². The van der Waals surface area contributed by atoms with Crippen LogP contribution < -0.4 is 15.0 Å². The Morgan fingerprint density at radius 3 is 2.44 bits per heavy atom. The zero-order valence-corrected chi connectivity index (χ0v) is 20.1. The van der Waals surface area contributed by atoms with Gasteiger partial charge in [0.25, 0.3) is 5.91 Å². The van der Waals surface area contributed by atoms with Gasteiger partial charge in [-0.3, -0.25) is 4.79 Å². The third-order valence-corrected chi connectivity index (χ3v) is 5.95. The molecule has 1 amide bonds. The molecule has 7 heteroatoms. The maximum atomic E-state index is 12.2. The van der Waals surface area contributed by atoms with Gasteiger partial charge in [-0.1, -0.05) is 13.8 Å². The Morgan fingerprint density at radius 1 is 1.16 bits per heavy atom. The normalized spacial score (nSPS) is 14.8. The summed E-state index contributed by atoms with van der Waals surface area (Å²) in [6.07, 6.45) is 8.37. The van der Waals surface area contributed by atoms with Crippen LogP contribution in [0.2, 0.25) is 0 Å². The number of ether oxygens (including phenoxy) is 1. The molecule has 0 radical (unpaired) electrons. The summed E-state index contributed by atoms with van der Waals surface area (Å²) in [6, 6.07) is 3.68. The molecule has 1 aliphatic heterocycles. The van der Waals surface area contributed by atoms with Gasteiger partial charge in [-0.25, -0.2) is 15.0 Å². The first kappa shape index (κ1) is 24.0. The maximum absolute atomic E-state index is 12.2. The summed E-state index contributed by atoms with van der Waals surface area (Å²) in [5.41, 5.74) is 2.47. The van der Waals surface area contributed by atoms with Crippen LogP contribution in [-0.4, -0.2) is 46.6 Å². The average Bonchev–Trinajstić information content (AvgIpc) is 2.77. The molecule has 7 nitrogen and oxygen atoms in total. The van der Waals surface area contributed by atoms with E-state index in [4.69, 9.17) is 4.74 Å². The van der Waals surface area contributed by atoms with Crippen molar-refractivity contribution in [2.45, 2.75) is 72.3 Å². The van der Waals surface area contributed by atoms with Crippen LogP contribution in [0.3, 0.4) is 0 Å². The van der Waals surface area contributed by atoms with Gasteiger partial charge in [-0.2, -0.15) is 0 Å². The Hall–Kier alpha value is -2.70. The quantitative estimate of drug-likeness (QED) is 0.579. The van der Waals surface area contributed by atoms with E-state index in [0.717, 1.165) is 44.7 Å². The van der Waals surface area contributed by atoms with Crippen LogP contribution in [0, 0.1) is 12.8 Å². The largest absolute Gasteiger partial charge is 0.478 e. The van der Waals surface area contributed by atoms with Crippen molar-refractivity contribution in [3.05, 3.63) is 41.3 Å². The number of piperidine rings is 1. The number of rotatable bonds is 9. The van der Waals surface area contributed by atoms with Crippen molar-refractivity contribution in [1.29, 1.82) is 0 Å². The van der Waals surface area contributed by atoms with Gasteiger partial charge in [0.1, 0.15) is 0 Å². The van der Waals surface area contributed by atoms with Gasteiger partial charge in [0, 0.05) is 37.6 Å². The lowest BCUT2D eigenvalue weighted by atomic mass is 9.92. The van der Waals surface area contributed by atoms with E-state index in [1.807, 2.05) is 33.2 Å². The molecule has 2 aromatic rings. The molecule has 3 heterocycles. The van der Waals surface area contributed by atoms with Gasteiger partial charge in [-0.05, 0) is 69.9 Å². The van der Waals surface area contributed by atoms with E-state index >= 15 is 0 Å². The molecule has 0 atom stereocenters. The highest BCUT2D eigenvalue weighted by Gasteiger charge is 2.21. The van der Waals surface area contributed by atoms with Crippen molar-refractivity contribution < 1.29 is 9.53 Å². The third kappa shape index (κ3) is 6.65. The van der Waals surface area contributed by atoms with Crippen LogP contribution in [0.25, 0.3) is 0 Å². The Balaban J connectivity index is 1.38. The third-order valence-electron chi connectivity index (χ3n) is 5.95. The first-order chi connectivity index (χ1) is 15.3. The SMILES string of the molecule is Cc1nc(OCCCC2CCN(c3ncc(C(C)C)cn3)CC2)ccc1C(=O)NC(C)C. The van der Waals surface area contributed by atoms with Gasteiger partial charge in [0.15, 0.2) is 0 Å². The molecule has 32 heavy (non-hydrogen) atoms. The molecule has 0 aliphatic carbocycles. The number of anilines is 1. The van der Waals surface area contributed by atoms with Crippen LogP contribution in [0.15, 0.2) is 24.5 Å². The predicted octanol–water partition coefficient (Wildman–Crippen LogP) is 4.52. The topological polar surface area (TPSA) is 80.2 Å². The Morgan fingerprint density at radius 2 is 1.84 bits per heavy atom. The van der Waals surface area contributed by atoms with Crippen molar-refractivity contribution in [3.63, 3.8) is 0 Å². The molecule has 1 aliphatic rings. The zero-order chi connectivity index (χ0) is 23.1. The number of amides is 1. The summed E-state index contributed by atoms with van der Waals surface area (Å²) in [4.78, 5) is 28.0. The molecule has 1 fully saturated rings. The maximum Gasteiger partial charge on any atom is 0.253 e. The molecule has 0 saturated carbocycles. The van der Waals surface area contributed by atoms with Gasteiger partial charge in [0.2, 0.25) is 11.8 Å². The summed E-state index contributed by atoms with van der Waals surface area (Å²) in [5.74, 6) is 2.51. The minimum Gasteiger partial charge on any atom is -0.478 e. The van der Waals surface area contributed by atoms with E-state index in [2.05, 4.69) is 39.0 Å². The van der Waals surface area contributed by atoms with E-state index in [0.29, 0.717) is 35.6 Å². The molecule has 2 aromatic heterocycles. The number of hydrogen-bond donors (Lipinski definition) is 1.